The molecule has 0 aliphatic carbocycles. The van der Waals surface area contributed by atoms with Crippen molar-refractivity contribution in [2.45, 2.75) is 25.7 Å². The predicted octanol–water partition coefficient (Wildman–Crippen LogP) is 4.03. The maximum atomic E-state index is 12.7. The van der Waals surface area contributed by atoms with E-state index in [2.05, 4.69) is 10.0 Å². The highest BCUT2D eigenvalue weighted by molar-refractivity contribution is 7.92. The summed E-state index contributed by atoms with van der Waals surface area (Å²) in [5.74, 6) is 1.88. The van der Waals surface area contributed by atoms with Gasteiger partial charge in [-0.1, -0.05) is 0 Å². The Morgan fingerprint density at radius 2 is 1.52 bits per heavy atom. The van der Waals surface area contributed by atoms with Gasteiger partial charge in [0.05, 0.1) is 10.5 Å². The van der Waals surface area contributed by atoms with Crippen molar-refractivity contribution in [1.82, 2.24) is 0 Å². The van der Waals surface area contributed by atoms with Gasteiger partial charge >= 0.3 is 0 Å². The first-order valence-electron chi connectivity index (χ1n) is 9.65. The van der Waals surface area contributed by atoms with Gasteiger partial charge in [-0.2, -0.15) is 0 Å². The first kappa shape index (κ1) is 20.8. The molecule has 0 atom stereocenters. The van der Waals surface area contributed by atoms with E-state index in [9.17, 15) is 13.2 Å². The Morgan fingerprint density at radius 1 is 0.871 bits per heavy atom. The molecule has 31 heavy (non-hydrogen) atoms. The third kappa shape index (κ3) is 4.22. The second-order valence-electron chi connectivity index (χ2n) is 7.16. The Balaban J connectivity index is 1.47. The van der Waals surface area contributed by atoms with Crippen molar-refractivity contribution in [1.29, 1.82) is 0 Å². The van der Waals surface area contributed by atoms with Crippen LogP contribution in [0.4, 0.5) is 11.4 Å². The van der Waals surface area contributed by atoms with Crippen LogP contribution in [0.1, 0.15) is 27.4 Å². The van der Waals surface area contributed by atoms with Crippen molar-refractivity contribution in [2.75, 3.05) is 23.3 Å². The maximum absolute atomic E-state index is 12.7. The largest absolute Gasteiger partial charge is 0.486 e. The lowest BCUT2D eigenvalue weighted by molar-refractivity contribution is 0.102. The minimum absolute atomic E-state index is 0.0652. The number of hydrogen-bond acceptors (Lipinski definition) is 6. The smallest absolute Gasteiger partial charge is 0.262 e. The number of ether oxygens (including phenoxy) is 2. The minimum Gasteiger partial charge on any atom is -0.486 e. The second-order valence-corrected chi connectivity index (χ2v) is 8.84. The minimum atomic E-state index is -3.82. The predicted molar refractivity (Wildman–Crippen MR) is 116 cm³/mol. The third-order valence-corrected chi connectivity index (χ3v) is 6.39. The SMILES string of the molecule is Cc1oc(C)c(C(=O)Nc2ccc(NS(=O)(=O)c3ccc4c(c3)OCCO4)cc2)c1C. The zero-order valence-corrected chi connectivity index (χ0v) is 18.1. The van der Waals surface area contributed by atoms with Crippen LogP contribution in [-0.4, -0.2) is 27.5 Å². The average Bonchev–Trinajstić information content (AvgIpc) is 3.00. The average molecular weight is 442 g/mol. The summed E-state index contributed by atoms with van der Waals surface area (Å²) in [6.07, 6.45) is 0. The van der Waals surface area contributed by atoms with Crippen molar-refractivity contribution in [3.63, 3.8) is 0 Å². The lowest BCUT2D eigenvalue weighted by Crippen LogP contribution is -2.17. The summed E-state index contributed by atoms with van der Waals surface area (Å²) in [4.78, 5) is 12.6. The molecule has 0 bridgehead atoms. The van der Waals surface area contributed by atoms with Crippen LogP contribution in [0.5, 0.6) is 11.5 Å². The molecule has 2 aromatic carbocycles. The molecule has 0 unspecified atom stereocenters. The summed E-state index contributed by atoms with van der Waals surface area (Å²) < 4.78 is 44.3. The van der Waals surface area contributed by atoms with E-state index in [1.807, 2.05) is 13.8 Å². The molecule has 9 heteroatoms. The molecule has 3 aromatic rings. The zero-order chi connectivity index (χ0) is 22.2. The third-order valence-electron chi connectivity index (χ3n) is 5.01. The van der Waals surface area contributed by atoms with E-state index in [0.717, 1.165) is 5.56 Å². The van der Waals surface area contributed by atoms with Gasteiger partial charge in [0.1, 0.15) is 24.7 Å². The van der Waals surface area contributed by atoms with Crippen LogP contribution >= 0.6 is 0 Å². The van der Waals surface area contributed by atoms with Crippen LogP contribution in [0.2, 0.25) is 0 Å². The Morgan fingerprint density at radius 3 is 2.16 bits per heavy atom. The number of carbonyl (C=O) groups excluding carboxylic acids is 1. The Bertz CT molecular complexity index is 1250. The maximum Gasteiger partial charge on any atom is 0.262 e. The Hall–Kier alpha value is -3.46. The molecular formula is C22H22N2O6S. The Kier molecular flexibility index (Phi) is 5.36. The van der Waals surface area contributed by atoms with E-state index in [4.69, 9.17) is 13.9 Å². The molecule has 1 aliphatic heterocycles. The summed E-state index contributed by atoms with van der Waals surface area (Å²) >= 11 is 0. The summed E-state index contributed by atoms with van der Waals surface area (Å²) in [6, 6.07) is 10.9. The molecule has 162 valence electrons. The Labute approximate surface area is 180 Å². The highest BCUT2D eigenvalue weighted by atomic mass is 32.2. The van der Waals surface area contributed by atoms with Crippen molar-refractivity contribution in [3.8, 4) is 11.5 Å². The van der Waals surface area contributed by atoms with Gasteiger partial charge in [-0.05, 0) is 57.2 Å². The van der Waals surface area contributed by atoms with Gasteiger partial charge < -0.3 is 19.2 Å². The number of benzene rings is 2. The lowest BCUT2D eigenvalue weighted by Gasteiger charge is -2.19. The molecule has 1 amide bonds. The van der Waals surface area contributed by atoms with Crippen LogP contribution in [0.15, 0.2) is 51.8 Å². The van der Waals surface area contributed by atoms with Gasteiger partial charge in [0, 0.05) is 23.0 Å². The number of rotatable bonds is 5. The lowest BCUT2D eigenvalue weighted by atomic mass is 10.1. The van der Waals surface area contributed by atoms with Crippen molar-refractivity contribution in [2.24, 2.45) is 0 Å². The number of carbonyl (C=O) groups is 1. The van der Waals surface area contributed by atoms with Crippen LogP contribution in [0, 0.1) is 20.8 Å². The van der Waals surface area contributed by atoms with E-state index in [1.165, 1.54) is 12.1 Å². The number of fused-ring (bicyclic) bond motifs is 1. The topological polar surface area (TPSA) is 107 Å². The molecule has 2 N–H and O–H groups in total. The first-order valence-corrected chi connectivity index (χ1v) is 11.1. The number of nitrogens with one attached hydrogen (secondary N) is 2. The van der Waals surface area contributed by atoms with E-state index in [-0.39, 0.29) is 10.8 Å². The number of aryl methyl sites for hydroxylation is 2. The van der Waals surface area contributed by atoms with Gasteiger partial charge in [-0.15, -0.1) is 0 Å². The quantitative estimate of drug-likeness (QED) is 0.618. The molecular weight excluding hydrogens is 420 g/mol. The fraction of sp³-hybridized carbons (Fsp3) is 0.227. The number of hydrogen-bond donors (Lipinski definition) is 2. The van der Waals surface area contributed by atoms with Crippen LogP contribution in [-0.2, 0) is 10.0 Å². The van der Waals surface area contributed by atoms with Gasteiger partial charge in [0.15, 0.2) is 11.5 Å². The summed E-state index contributed by atoms with van der Waals surface area (Å²) in [5, 5.41) is 2.80. The molecule has 1 aliphatic rings. The molecule has 2 heterocycles. The van der Waals surface area contributed by atoms with Crippen LogP contribution < -0.4 is 19.5 Å². The molecule has 4 rings (SSSR count). The highest BCUT2D eigenvalue weighted by Gasteiger charge is 2.20. The van der Waals surface area contributed by atoms with E-state index in [1.54, 1.807) is 37.3 Å². The van der Waals surface area contributed by atoms with Crippen LogP contribution in [0.3, 0.4) is 0 Å². The number of furan rings is 1. The van der Waals surface area contributed by atoms with Crippen molar-refractivity contribution in [3.05, 3.63) is 65.1 Å². The number of anilines is 2. The van der Waals surface area contributed by atoms with Gasteiger partial charge in [-0.25, -0.2) is 8.42 Å². The second kappa shape index (κ2) is 7.99. The fourth-order valence-electron chi connectivity index (χ4n) is 3.35. The van der Waals surface area contributed by atoms with Crippen molar-refractivity contribution >= 4 is 27.3 Å². The first-order chi connectivity index (χ1) is 14.7. The molecule has 0 radical (unpaired) electrons. The number of sulfonamides is 1. The summed E-state index contributed by atoms with van der Waals surface area (Å²) in [5.41, 5.74) is 2.18. The van der Waals surface area contributed by atoms with Crippen molar-refractivity contribution < 1.29 is 27.1 Å². The zero-order valence-electron chi connectivity index (χ0n) is 17.3. The molecule has 0 spiro atoms. The van der Waals surface area contributed by atoms with Gasteiger partial charge in [0.2, 0.25) is 0 Å². The van der Waals surface area contributed by atoms with Crippen LogP contribution in [0.25, 0.3) is 0 Å². The standard InChI is InChI=1S/C22H22N2O6S/c1-13-14(2)30-15(3)21(13)22(25)23-16-4-6-17(7-5-16)24-31(26,27)18-8-9-19-20(12-18)29-11-10-28-19/h4-9,12,24H,10-11H2,1-3H3,(H,23,25). The molecule has 8 nitrogen and oxygen atoms in total. The molecule has 0 fully saturated rings. The highest BCUT2D eigenvalue weighted by Crippen LogP contribution is 2.33. The fourth-order valence-corrected chi connectivity index (χ4v) is 4.42. The monoisotopic (exact) mass is 442 g/mol. The molecule has 0 saturated carbocycles. The van der Waals surface area contributed by atoms with E-state index >= 15 is 0 Å². The van der Waals surface area contributed by atoms with Gasteiger partial charge in [-0.3, -0.25) is 9.52 Å². The van der Waals surface area contributed by atoms with E-state index < -0.39 is 10.0 Å². The molecule has 0 saturated heterocycles. The summed E-state index contributed by atoms with van der Waals surface area (Å²) in [7, 11) is -3.82. The van der Waals surface area contributed by atoms with E-state index in [0.29, 0.717) is 53.2 Å². The summed E-state index contributed by atoms with van der Waals surface area (Å²) in [6.45, 7) is 6.18. The molecule has 1 aromatic heterocycles. The number of amides is 1. The van der Waals surface area contributed by atoms with Gasteiger partial charge in [0.25, 0.3) is 15.9 Å². The normalized spacial score (nSPS) is 13.0.